The van der Waals surface area contributed by atoms with E-state index in [1.165, 1.54) is 18.5 Å². The van der Waals surface area contributed by atoms with Crippen LogP contribution in [0.4, 0.5) is 0 Å². The molecule has 1 heterocycles. The van der Waals surface area contributed by atoms with E-state index < -0.39 is 35.9 Å². The molecule has 2 N–H and O–H groups in total. The summed E-state index contributed by atoms with van der Waals surface area (Å²) in [5, 5.41) is 18.3. The number of carbonyl (C=O) groups excluding carboxylic acids is 2. The molecule has 8 nitrogen and oxygen atoms in total. The molecule has 0 saturated heterocycles. The summed E-state index contributed by atoms with van der Waals surface area (Å²) in [6.45, 7) is 5.01. The van der Waals surface area contributed by atoms with E-state index >= 15 is 0 Å². The predicted octanol–water partition coefficient (Wildman–Crippen LogP) is 0.391. The molecule has 1 aromatic heterocycles. The molecular weight excluding hydrogens is 278 g/mol. The van der Waals surface area contributed by atoms with E-state index in [2.05, 4.69) is 15.5 Å². The van der Waals surface area contributed by atoms with Gasteiger partial charge in [0.15, 0.2) is 0 Å². The number of nitrogens with zero attached hydrogens (tertiary/aromatic N) is 2. The van der Waals surface area contributed by atoms with Crippen LogP contribution in [0.5, 0.6) is 0 Å². The first-order valence-electron chi connectivity index (χ1n) is 6.21. The minimum Gasteiger partial charge on any atom is -0.480 e. The van der Waals surface area contributed by atoms with Gasteiger partial charge in [-0.1, -0.05) is 0 Å². The van der Waals surface area contributed by atoms with Crippen molar-refractivity contribution in [3.8, 4) is 0 Å². The molecule has 8 heteroatoms. The summed E-state index contributed by atoms with van der Waals surface area (Å²) in [5.74, 6) is -2.68. The van der Waals surface area contributed by atoms with Crippen LogP contribution in [0, 0.1) is 0 Å². The van der Waals surface area contributed by atoms with E-state index in [1.54, 1.807) is 20.8 Å². The zero-order valence-electron chi connectivity index (χ0n) is 12.0. The molecule has 1 rings (SSSR count). The molecule has 0 aromatic carbocycles. The lowest BCUT2D eigenvalue weighted by atomic mass is 10.1. The number of rotatable bonds is 5. The molecule has 0 aliphatic carbocycles. The van der Waals surface area contributed by atoms with Crippen LogP contribution >= 0.6 is 0 Å². The number of carboxylic acids is 1. The van der Waals surface area contributed by atoms with Gasteiger partial charge in [-0.25, -0.2) is 4.79 Å². The molecule has 0 aliphatic heterocycles. The molecule has 0 aliphatic rings. The Kier molecular flexibility index (Phi) is 5.34. The third kappa shape index (κ3) is 5.98. The zero-order valence-corrected chi connectivity index (χ0v) is 12.0. The van der Waals surface area contributed by atoms with Crippen LogP contribution < -0.4 is 5.32 Å². The van der Waals surface area contributed by atoms with Crippen LogP contribution in [-0.4, -0.2) is 44.8 Å². The Balaban J connectivity index is 2.69. The fraction of sp³-hybridized carbons (Fsp3) is 0.462. The van der Waals surface area contributed by atoms with Gasteiger partial charge in [0.2, 0.25) is 0 Å². The normalized spacial score (nSPS) is 12.3. The number of aromatic nitrogens is 2. The summed E-state index contributed by atoms with van der Waals surface area (Å²) in [7, 11) is 0. The number of ether oxygens (including phenoxy) is 1. The molecule has 114 valence electrons. The monoisotopic (exact) mass is 295 g/mol. The number of hydrogen-bond donors (Lipinski definition) is 2. The fourth-order valence-corrected chi connectivity index (χ4v) is 1.42. The van der Waals surface area contributed by atoms with E-state index in [1.807, 2.05) is 0 Å². The molecule has 0 bridgehead atoms. The SMILES string of the molecule is CC(C)(C)OC(=O)C[C@H](NC(=O)c1ccnnc1)C(=O)O. The minimum atomic E-state index is -1.37. The Hall–Kier alpha value is -2.51. The lowest BCUT2D eigenvalue weighted by Gasteiger charge is -2.21. The highest BCUT2D eigenvalue weighted by Crippen LogP contribution is 2.09. The maximum atomic E-state index is 11.8. The molecule has 0 unspecified atom stereocenters. The molecule has 0 fully saturated rings. The van der Waals surface area contributed by atoms with Crippen LogP contribution in [0.3, 0.4) is 0 Å². The summed E-state index contributed by atoms with van der Waals surface area (Å²) in [6, 6.07) is 0.00913. The summed E-state index contributed by atoms with van der Waals surface area (Å²) in [5.41, 5.74) is -0.570. The summed E-state index contributed by atoms with van der Waals surface area (Å²) >= 11 is 0. The van der Waals surface area contributed by atoms with Crippen LogP contribution in [0.2, 0.25) is 0 Å². The quantitative estimate of drug-likeness (QED) is 0.754. The van der Waals surface area contributed by atoms with Crippen molar-refractivity contribution in [1.82, 2.24) is 15.5 Å². The molecular formula is C13H17N3O5. The number of amides is 1. The first-order chi connectivity index (χ1) is 9.69. The maximum absolute atomic E-state index is 11.8. The Labute approximate surface area is 121 Å². The Morgan fingerprint density at radius 3 is 2.48 bits per heavy atom. The van der Waals surface area contributed by atoms with Gasteiger partial charge in [-0.15, -0.1) is 0 Å². The minimum absolute atomic E-state index is 0.153. The number of carbonyl (C=O) groups is 3. The second-order valence-electron chi connectivity index (χ2n) is 5.29. The van der Waals surface area contributed by atoms with Crippen LogP contribution in [0.1, 0.15) is 37.6 Å². The van der Waals surface area contributed by atoms with Gasteiger partial charge in [0.05, 0.1) is 24.4 Å². The van der Waals surface area contributed by atoms with Crippen molar-refractivity contribution in [2.45, 2.75) is 38.8 Å². The van der Waals surface area contributed by atoms with Gasteiger partial charge in [0, 0.05) is 0 Å². The molecule has 21 heavy (non-hydrogen) atoms. The summed E-state index contributed by atoms with van der Waals surface area (Å²) in [4.78, 5) is 34.6. The van der Waals surface area contributed by atoms with E-state index in [-0.39, 0.29) is 5.56 Å². The highest BCUT2D eigenvalue weighted by Gasteiger charge is 2.26. The summed E-state index contributed by atoms with van der Waals surface area (Å²) < 4.78 is 5.03. The van der Waals surface area contributed by atoms with Crippen molar-refractivity contribution in [2.75, 3.05) is 0 Å². The highest BCUT2D eigenvalue weighted by atomic mass is 16.6. The molecule has 0 saturated carbocycles. The van der Waals surface area contributed by atoms with Gasteiger partial charge in [-0.3, -0.25) is 9.59 Å². The van der Waals surface area contributed by atoms with Crippen molar-refractivity contribution >= 4 is 17.8 Å². The molecule has 1 atom stereocenters. The first-order valence-corrected chi connectivity index (χ1v) is 6.21. The van der Waals surface area contributed by atoms with Crippen LogP contribution in [0.25, 0.3) is 0 Å². The number of nitrogens with one attached hydrogen (secondary N) is 1. The van der Waals surface area contributed by atoms with Gasteiger partial charge >= 0.3 is 11.9 Å². The number of aliphatic carboxylic acids is 1. The topological polar surface area (TPSA) is 118 Å². The van der Waals surface area contributed by atoms with E-state index in [9.17, 15) is 14.4 Å². The van der Waals surface area contributed by atoms with Crippen molar-refractivity contribution in [2.24, 2.45) is 0 Å². The molecule has 1 aromatic rings. The largest absolute Gasteiger partial charge is 0.480 e. The molecule has 0 radical (unpaired) electrons. The number of esters is 1. The average molecular weight is 295 g/mol. The van der Waals surface area contributed by atoms with Crippen molar-refractivity contribution in [3.05, 3.63) is 24.0 Å². The predicted molar refractivity (Wildman–Crippen MR) is 71.4 cm³/mol. The third-order valence-electron chi connectivity index (χ3n) is 2.24. The van der Waals surface area contributed by atoms with Crippen molar-refractivity contribution < 1.29 is 24.2 Å². The lowest BCUT2D eigenvalue weighted by Crippen LogP contribution is -2.43. The Morgan fingerprint density at radius 2 is 2.00 bits per heavy atom. The van der Waals surface area contributed by atoms with Gasteiger partial charge in [-0.05, 0) is 26.8 Å². The van der Waals surface area contributed by atoms with E-state index in [4.69, 9.17) is 9.84 Å². The standard InChI is InChI=1S/C13H17N3O5/c1-13(2,3)21-10(17)6-9(12(19)20)16-11(18)8-4-5-14-15-7-8/h4-5,7,9H,6H2,1-3H3,(H,16,18)(H,19,20)/t9-/m0/s1. The van der Waals surface area contributed by atoms with E-state index in [0.29, 0.717) is 0 Å². The van der Waals surface area contributed by atoms with Crippen molar-refractivity contribution in [3.63, 3.8) is 0 Å². The van der Waals surface area contributed by atoms with Gasteiger partial charge < -0.3 is 15.2 Å². The van der Waals surface area contributed by atoms with Crippen LogP contribution in [0.15, 0.2) is 18.5 Å². The van der Waals surface area contributed by atoms with Gasteiger partial charge in [-0.2, -0.15) is 10.2 Å². The van der Waals surface area contributed by atoms with Crippen molar-refractivity contribution in [1.29, 1.82) is 0 Å². The fourth-order valence-electron chi connectivity index (χ4n) is 1.42. The summed E-state index contributed by atoms with van der Waals surface area (Å²) in [6.07, 6.45) is 2.04. The smallest absolute Gasteiger partial charge is 0.326 e. The Bertz CT molecular complexity index is 524. The second-order valence-corrected chi connectivity index (χ2v) is 5.29. The Morgan fingerprint density at radius 1 is 1.33 bits per heavy atom. The molecule has 1 amide bonds. The first kappa shape index (κ1) is 16.5. The molecule has 0 spiro atoms. The van der Waals surface area contributed by atoms with Crippen LogP contribution in [-0.2, 0) is 14.3 Å². The number of carboxylic acid groups (broad SMARTS) is 1. The third-order valence-corrected chi connectivity index (χ3v) is 2.24. The average Bonchev–Trinajstić information content (AvgIpc) is 2.36. The number of hydrogen-bond acceptors (Lipinski definition) is 6. The van der Waals surface area contributed by atoms with Gasteiger partial charge in [0.25, 0.3) is 5.91 Å². The van der Waals surface area contributed by atoms with E-state index in [0.717, 1.165) is 0 Å². The lowest BCUT2D eigenvalue weighted by molar-refractivity contribution is -0.158. The maximum Gasteiger partial charge on any atom is 0.326 e. The zero-order chi connectivity index (χ0) is 16.0. The highest BCUT2D eigenvalue weighted by molar-refractivity contribution is 5.97. The van der Waals surface area contributed by atoms with Gasteiger partial charge in [0.1, 0.15) is 11.6 Å². The second kappa shape index (κ2) is 6.78.